The number of nitrogens with zero attached hydrogens (tertiary/aromatic N) is 1. The number of halogens is 1. The Morgan fingerprint density at radius 1 is 1.24 bits per heavy atom. The molecule has 0 unspecified atom stereocenters. The van der Waals surface area contributed by atoms with E-state index in [9.17, 15) is 4.79 Å². The first kappa shape index (κ1) is 13.5. The summed E-state index contributed by atoms with van der Waals surface area (Å²) < 4.78 is 0. The van der Waals surface area contributed by atoms with Crippen LogP contribution in [0.5, 0.6) is 0 Å². The fourth-order valence-corrected chi connectivity index (χ4v) is 2.24. The van der Waals surface area contributed by atoms with E-state index in [-0.39, 0.29) is 5.56 Å². The number of aromatic nitrogens is 2. The number of nitrogens with two attached hydrogens (primary N) is 1. The van der Waals surface area contributed by atoms with Crippen molar-refractivity contribution in [2.45, 2.75) is 6.92 Å². The molecule has 4 N–H and O–H groups in total. The van der Waals surface area contributed by atoms with Gasteiger partial charge in [-0.25, -0.2) is 4.98 Å². The molecule has 1 aromatic heterocycles. The first-order chi connectivity index (χ1) is 10.0. The molecule has 0 atom stereocenters. The van der Waals surface area contributed by atoms with E-state index in [0.29, 0.717) is 27.6 Å². The third kappa shape index (κ3) is 2.68. The highest BCUT2D eigenvalue weighted by Crippen LogP contribution is 2.23. The minimum atomic E-state index is -0.241. The third-order valence-corrected chi connectivity index (χ3v) is 3.42. The van der Waals surface area contributed by atoms with Crippen molar-refractivity contribution in [3.8, 4) is 0 Å². The van der Waals surface area contributed by atoms with Crippen LogP contribution in [0.3, 0.4) is 0 Å². The maximum absolute atomic E-state index is 12.1. The van der Waals surface area contributed by atoms with Crippen molar-refractivity contribution >= 4 is 39.8 Å². The zero-order valence-electron chi connectivity index (χ0n) is 11.3. The van der Waals surface area contributed by atoms with E-state index in [1.54, 1.807) is 30.3 Å². The molecular formula is C15H13ClN4O. The third-order valence-electron chi connectivity index (χ3n) is 3.18. The van der Waals surface area contributed by atoms with Crippen LogP contribution in [0.25, 0.3) is 10.9 Å². The van der Waals surface area contributed by atoms with E-state index in [2.05, 4.69) is 15.3 Å². The molecule has 21 heavy (non-hydrogen) atoms. The normalized spacial score (nSPS) is 10.8. The summed E-state index contributed by atoms with van der Waals surface area (Å²) in [6, 6.07) is 10.5. The minimum Gasteiger partial charge on any atom is -0.399 e. The summed E-state index contributed by atoms with van der Waals surface area (Å²) in [4.78, 5) is 19.2. The van der Waals surface area contributed by atoms with Gasteiger partial charge in [-0.15, -0.1) is 0 Å². The Hall–Kier alpha value is -2.53. The second-order valence-electron chi connectivity index (χ2n) is 4.78. The molecule has 6 heteroatoms. The van der Waals surface area contributed by atoms with Crippen LogP contribution >= 0.6 is 11.6 Å². The topological polar surface area (TPSA) is 83.8 Å². The number of fused-ring (bicyclic) bond motifs is 1. The van der Waals surface area contributed by atoms with Gasteiger partial charge in [0.1, 0.15) is 0 Å². The van der Waals surface area contributed by atoms with Crippen molar-refractivity contribution < 1.29 is 0 Å². The molecule has 1 heterocycles. The molecule has 0 saturated carbocycles. The lowest BCUT2D eigenvalue weighted by atomic mass is 10.2. The predicted molar refractivity (Wildman–Crippen MR) is 86.2 cm³/mol. The average Bonchev–Trinajstić information content (AvgIpc) is 2.44. The molecule has 3 aromatic rings. The Labute approximate surface area is 125 Å². The second kappa shape index (κ2) is 5.10. The molecule has 0 aliphatic rings. The van der Waals surface area contributed by atoms with E-state index >= 15 is 0 Å². The Bertz CT molecular complexity index is 888. The molecule has 0 aliphatic carbocycles. The lowest BCUT2D eigenvalue weighted by Crippen LogP contribution is -2.11. The molecule has 2 aromatic carbocycles. The van der Waals surface area contributed by atoms with Gasteiger partial charge in [0.05, 0.1) is 10.9 Å². The highest BCUT2D eigenvalue weighted by Gasteiger charge is 2.06. The molecule has 5 nitrogen and oxygen atoms in total. The number of nitrogens with one attached hydrogen (secondary N) is 2. The summed E-state index contributed by atoms with van der Waals surface area (Å²) in [7, 11) is 0. The molecule has 3 rings (SSSR count). The second-order valence-corrected chi connectivity index (χ2v) is 5.21. The molecule has 0 amide bonds. The van der Waals surface area contributed by atoms with E-state index in [4.69, 9.17) is 17.3 Å². The maximum atomic E-state index is 12.1. The molecule has 0 fully saturated rings. The maximum Gasteiger partial charge on any atom is 0.260 e. The molecular weight excluding hydrogens is 288 g/mol. The zero-order valence-corrected chi connectivity index (χ0v) is 12.0. The van der Waals surface area contributed by atoms with Crippen LogP contribution in [-0.4, -0.2) is 9.97 Å². The number of H-pyrrole nitrogens is 1. The van der Waals surface area contributed by atoms with Crippen molar-refractivity contribution in [3.63, 3.8) is 0 Å². The van der Waals surface area contributed by atoms with E-state index < -0.39 is 0 Å². The standard InChI is InChI=1S/C15H13ClN4O/c1-8-2-3-9(16)6-13(8)19-15-18-12-5-4-10(17)7-11(12)14(21)20-15/h2-7H,17H2,1H3,(H2,18,19,20,21). The zero-order chi connectivity index (χ0) is 15.0. The van der Waals surface area contributed by atoms with Gasteiger partial charge < -0.3 is 11.1 Å². The largest absolute Gasteiger partial charge is 0.399 e. The lowest BCUT2D eigenvalue weighted by molar-refractivity contribution is 1.17. The Morgan fingerprint density at radius 3 is 2.86 bits per heavy atom. The van der Waals surface area contributed by atoms with E-state index in [1.165, 1.54) is 0 Å². The van der Waals surface area contributed by atoms with Gasteiger partial charge in [-0.05, 0) is 42.8 Å². The molecule has 0 saturated heterocycles. The summed E-state index contributed by atoms with van der Waals surface area (Å²) in [6.45, 7) is 1.94. The van der Waals surface area contributed by atoms with Crippen molar-refractivity contribution in [3.05, 3.63) is 57.3 Å². The Morgan fingerprint density at radius 2 is 2.05 bits per heavy atom. The van der Waals surface area contributed by atoms with E-state index in [0.717, 1.165) is 11.3 Å². The van der Waals surface area contributed by atoms with Gasteiger partial charge in [0.2, 0.25) is 5.95 Å². The molecule has 0 radical (unpaired) electrons. The number of nitrogen functional groups attached to an aromatic ring is 1. The average molecular weight is 301 g/mol. The number of anilines is 3. The summed E-state index contributed by atoms with van der Waals surface area (Å²) in [5, 5.41) is 4.15. The fraction of sp³-hybridized carbons (Fsp3) is 0.0667. The number of hydrogen-bond acceptors (Lipinski definition) is 4. The number of aryl methyl sites for hydroxylation is 1. The van der Waals surface area contributed by atoms with Gasteiger partial charge >= 0.3 is 0 Å². The molecule has 106 valence electrons. The Balaban J connectivity index is 2.07. The van der Waals surface area contributed by atoms with Crippen LogP contribution in [0.4, 0.5) is 17.3 Å². The van der Waals surface area contributed by atoms with E-state index in [1.807, 2.05) is 13.0 Å². The van der Waals surface area contributed by atoms with Gasteiger partial charge in [-0.1, -0.05) is 17.7 Å². The first-order valence-corrected chi connectivity index (χ1v) is 6.73. The lowest BCUT2D eigenvalue weighted by Gasteiger charge is -2.09. The van der Waals surface area contributed by atoms with Crippen LogP contribution in [0.15, 0.2) is 41.2 Å². The van der Waals surface area contributed by atoms with Crippen LogP contribution in [0.1, 0.15) is 5.56 Å². The molecule has 0 spiro atoms. The monoisotopic (exact) mass is 300 g/mol. The quantitative estimate of drug-likeness (QED) is 0.635. The number of aromatic amines is 1. The van der Waals surface area contributed by atoms with Gasteiger partial charge in [-0.3, -0.25) is 9.78 Å². The number of rotatable bonds is 2. The Kier molecular flexibility index (Phi) is 3.27. The molecule has 0 bridgehead atoms. The van der Waals surface area contributed by atoms with Crippen LogP contribution in [-0.2, 0) is 0 Å². The van der Waals surface area contributed by atoms with Crippen LogP contribution < -0.4 is 16.6 Å². The number of benzene rings is 2. The van der Waals surface area contributed by atoms with Gasteiger partial charge in [0.15, 0.2) is 0 Å². The fourth-order valence-electron chi connectivity index (χ4n) is 2.07. The highest BCUT2D eigenvalue weighted by atomic mass is 35.5. The predicted octanol–water partition coefficient (Wildman–Crippen LogP) is 3.21. The van der Waals surface area contributed by atoms with Gasteiger partial charge in [0.25, 0.3) is 5.56 Å². The van der Waals surface area contributed by atoms with Gasteiger partial charge in [-0.2, -0.15) is 0 Å². The van der Waals surface area contributed by atoms with Crippen molar-refractivity contribution in [2.24, 2.45) is 0 Å². The molecule has 0 aliphatic heterocycles. The summed E-state index contributed by atoms with van der Waals surface area (Å²) in [6.07, 6.45) is 0. The first-order valence-electron chi connectivity index (χ1n) is 6.36. The van der Waals surface area contributed by atoms with Crippen LogP contribution in [0, 0.1) is 6.92 Å². The summed E-state index contributed by atoms with van der Waals surface area (Å²) in [5.41, 5.74) is 8.34. The minimum absolute atomic E-state index is 0.241. The van der Waals surface area contributed by atoms with Gasteiger partial charge in [0, 0.05) is 16.4 Å². The van der Waals surface area contributed by atoms with Crippen molar-refractivity contribution in [2.75, 3.05) is 11.1 Å². The summed E-state index contributed by atoms with van der Waals surface area (Å²) in [5.74, 6) is 0.364. The highest BCUT2D eigenvalue weighted by molar-refractivity contribution is 6.30. The van der Waals surface area contributed by atoms with Crippen molar-refractivity contribution in [1.29, 1.82) is 0 Å². The van der Waals surface area contributed by atoms with Crippen molar-refractivity contribution in [1.82, 2.24) is 9.97 Å². The SMILES string of the molecule is Cc1ccc(Cl)cc1Nc1nc2ccc(N)cc2c(=O)[nH]1. The number of hydrogen-bond donors (Lipinski definition) is 3. The smallest absolute Gasteiger partial charge is 0.260 e. The van der Waals surface area contributed by atoms with Crippen LogP contribution in [0.2, 0.25) is 5.02 Å². The summed E-state index contributed by atoms with van der Waals surface area (Å²) >= 11 is 5.98.